The van der Waals surface area contributed by atoms with E-state index in [-0.39, 0.29) is 16.5 Å². The van der Waals surface area contributed by atoms with Gasteiger partial charge in [0.1, 0.15) is 5.75 Å². The molecule has 142 valence electrons. The van der Waals surface area contributed by atoms with Gasteiger partial charge in [-0.05, 0) is 43.3 Å². The number of carboxylic acids is 1. The SMILES string of the molecule is CC(Oc1ccc2c(c1)sc(=O)n2-c1ccc(C(F)(F)F)cc1Cl)C(=O)O. The first-order chi connectivity index (χ1) is 12.6. The van der Waals surface area contributed by atoms with Crippen LogP contribution in [0.1, 0.15) is 12.5 Å². The topological polar surface area (TPSA) is 68.5 Å². The second-order valence-corrected chi connectivity index (χ2v) is 7.00. The van der Waals surface area contributed by atoms with Gasteiger partial charge in [0, 0.05) is 0 Å². The van der Waals surface area contributed by atoms with Crippen LogP contribution in [0.25, 0.3) is 15.9 Å². The van der Waals surface area contributed by atoms with Crippen molar-refractivity contribution in [2.45, 2.75) is 19.2 Å². The molecule has 27 heavy (non-hydrogen) atoms. The van der Waals surface area contributed by atoms with Gasteiger partial charge in [0.15, 0.2) is 6.10 Å². The normalized spacial score (nSPS) is 12.9. The lowest BCUT2D eigenvalue weighted by Crippen LogP contribution is -2.22. The lowest BCUT2D eigenvalue weighted by molar-refractivity contribution is -0.144. The molecule has 10 heteroatoms. The van der Waals surface area contributed by atoms with Crippen molar-refractivity contribution >= 4 is 39.1 Å². The second kappa shape index (κ2) is 6.90. The average molecular weight is 418 g/mol. The highest BCUT2D eigenvalue weighted by Crippen LogP contribution is 2.34. The zero-order chi connectivity index (χ0) is 19.9. The summed E-state index contributed by atoms with van der Waals surface area (Å²) in [5, 5.41) is 8.68. The minimum absolute atomic E-state index is 0.119. The number of rotatable bonds is 4. The van der Waals surface area contributed by atoms with Crippen LogP contribution in [-0.4, -0.2) is 21.7 Å². The van der Waals surface area contributed by atoms with E-state index in [1.807, 2.05) is 0 Å². The van der Waals surface area contributed by atoms with Gasteiger partial charge < -0.3 is 9.84 Å². The molecule has 1 N–H and O–H groups in total. The van der Waals surface area contributed by atoms with Crippen LogP contribution in [0.3, 0.4) is 0 Å². The fourth-order valence-electron chi connectivity index (χ4n) is 2.42. The molecule has 0 saturated heterocycles. The maximum absolute atomic E-state index is 12.8. The Morgan fingerprint density at radius 3 is 2.56 bits per heavy atom. The van der Waals surface area contributed by atoms with Gasteiger partial charge in [0.25, 0.3) is 0 Å². The van der Waals surface area contributed by atoms with Gasteiger partial charge in [-0.2, -0.15) is 13.2 Å². The molecule has 0 fully saturated rings. The molecule has 0 bridgehead atoms. The Morgan fingerprint density at radius 2 is 1.96 bits per heavy atom. The van der Waals surface area contributed by atoms with Gasteiger partial charge in [-0.1, -0.05) is 22.9 Å². The third kappa shape index (κ3) is 3.79. The molecule has 5 nitrogen and oxygen atoms in total. The Hall–Kier alpha value is -2.52. The van der Waals surface area contributed by atoms with Crippen LogP contribution in [0.5, 0.6) is 5.75 Å². The molecule has 1 unspecified atom stereocenters. The number of hydrogen-bond acceptors (Lipinski definition) is 4. The zero-order valence-corrected chi connectivity index (χ0v) is 15.2. The van der Waals surface area contributed by atoms with Crippen molar-refractivity contribution in [2.75, 3.05) is 0 Å². The molecule has 1 heterocycles. The predicted molar refractivity (Wildman–Crippen MR) is 95.2 cm³/mol. The van der Waals surface area contributed by atoms with Gasteiger partial charge in [-0.3, -0.25) is 9.36 Å². The Morgan fingerprint density at radius 1 is 1.26 bits per heavy atom. The summed E-state index contributed by atoms with van der Waals surface area (Å²) >= 11 is 6.83. The highest BCUT2D eigenvalue weighted by molar-refractivity contribution is 7.16. The van der Waals surface area contributed by atoms with E-state index in [0.717, 1.165) is 29.5 Å². The van der Waals surface area contributed by atoms with E-state index in [4.69, 9.17) is 21.4 Å². The number of halogens is 4. The summed E-state index contributed by atoms with van der Waals surface area (Å²) in [7, 11) is 0. The number of alkyl halides is 3. The van der Waals surface area contributed by atoms with Gasteiger partial charge >= 0.3 is 17.0 Å². The molecule has 0 spiro atoms. The minimum Gasteiger partial charge on any atom is -0.479 e. The summed E-state index contributed by atoms with van der Waals surface area (Å²) in [4.78, 5) is 22.8. The monoisotopic (exact) mass is 417 g/mol. The van der Waals surface area contributed by atoms with Crippen LogP contribution in [0.2, 0.25) is 5.02 Å². The van der Waals surface area contributed by atoms with E-state index in [2.05, 4.69) is 0 Å². The molecular formula is C17H11ClF3NO4S. The van der Waals surface area contributed by atoms with E-state index < -0.39 is 28.7 Å². The number of hydrogen-bond donors (Lipinski definition) is 1. The van der Waals surface area contributed by atoms with Crippen LogP contribution >= 0.6 is 22.9 Å². The van der Waals surface area contributed by atoms with Crippen LogP contribution in [-0.2, 0) is 11.0 Å². The van der Waals surface area contributed by atoms with Crippen molar-refractivity contribution in [3.63, 3.8) is 0 Å². The largest absolute Gasteiger partial charge is 0.479 e. The quantitative estimate of drug-likeness (QED) is 0.675. The molecule has 0 aliphatic rings. The van der Waals surface area contributed by atoms with Gasteiger partial charge in [-0.25, -0.2) is 4.79 Å². The molecule has 1 aromatic heterocycles. The van der Waals surface area contributed by atoms with Gasteiger partial charge in [-0.15, -0.1) is 0 Å². The molecule has 3 aromatic rings. The molecule has 0 radical (unpaired) electrons. The molecule has 3 rings (SSSR count). The standard InChI is InChI=1S/C17H11ClF3NO4S/c1-8(15(23)24)26-10-3-5-13-14(7-10)27-16(25)22(13)12-4-2-9(6-11(12)18)17(19,20)21/h2-8H,1H3,(H,23,24). The predicted octanol–water partition coefficient (Wildman–Crippen LogP) is 4.58. The number of thiazole rings is 1. The highest BCUT2D eigenvalue weighted by Gasteiger charge is 2.31. The first-order valence-electron chi connectivity index (χ1n) is 7.50. The third-order valence-corrected chi connectivity index (χ3v) is 4.94. The van der Waals surface area contributed by atoms with Crippen LogP contribution in [0.4, 0.5) is 13.2 Å². The van der Waals surface area contributed by atoms with Crippen LogP contribution in [0.15, 0.2) is 41.2 Å². The van der Waals surface area contributed by atoms with Gasteiger partial charge in [0.05, 0.1) is 26.5 Å². The van der Waals surface area contributed by atoms with Crippen LogP contribution in [0, 0.1) is 0 Å². The van der Waals surface area contributed by atoms with E-state index in [9.17, 15) is 22.8 Å². The van der Waals surface area contributed by atoms with E-state index >= 15 is 0 Å². The van der Waals surface area contributed by atoms with Gasteiger partial charge in [0.2, 0.25) is 0 Å². The molecule has 0 amide bonds. The Labute approximate surface area is 159 Å². The molecule has 1 atom stereocenters. The molecule has 0 saturated carbocycles. The first kappa shape index (κ1) is 19.2. The molecule has 0 aliphatic carbocycles. The average Bonchev–Trinajstić information content (AvgIpc) is 2.88. The molecular weight excluding hydrogens is 407 g/mol. The van der Waals surface area contributed by atoms with Crippen molar-refractivity contribution < 1.29 is 27.8 Å². The number of aromatic nitrogens is 1. The van der Waals surface area contributed by atoms with Crippen molar-refractivity contribution in [3.05, 3.63) is 56.7 Å². The fourth-order valence-corrected chi connectivity index (χ4v) is 3.60. The zero-order valence-electron chi connectivity index (χ0n) is 13.6. The van der Waals surface area contributed by atoms with Crippen LogP contribution < -0.4 is 9.61 Å². The van der Waals surface area contributed by atoms with Crippen molar-refractivity contribution in [2.24, 2.45) is 0 Å². The number of carbonyl (C=O) groups is 1. The summed E-state index contributed by atoms with van der Waals surface area (Å²) in [5.41, 5.74) is -0.377. The lowest BCUT2D eigenvalue weighted by atomic mass is 10.2. The van der Waals surface area contributed by atoms with Crippen molar-refractivity contribution in [1.82, 2.24) is 4.57 Å². The summed E-state index contributed by atoms with van der Waals surface area (Å²) in [5.74, 6) is -0.887. The van der Waals surface area contributed by atoms with E-state index in [1.165, 1.54) is 29.7 Å². The number of ether oxygens (including phenoxy) is 1. The smallest absolute Gasteiger partial charge is 0.416 e. The molecule has 2 aromatic carbocycles. The Balaban J connectivity index is 2.07. The number of aliphatic carboxylic acids is 1. The fraction of sp³-hybridized carbons (Fsp3) is 0.176. The summed E-state index contributed by atoms with van der Waals surface area (Å²) in [6.07, 6.45) is -5.62. The Kier molecular flexibility index (Phi) is 4.92. The highest BCUT2D eigenvalue weighted by atomic mass is 35.5. The lowest BCUT2D eigenvalue weighted by Gasteiger charge is -2.12. The minimum atomic E-state index is -4.54. The second-order valence-electron chi connectivity index (χ2n) is 5.60. The first-order valence-corrected chi connectivity index (χ1v) is 8.69. The van der Waals surface area contributed by atoms with Crippen molar-refractivity contribution in [1.29, 1.82) is 0 Å². The summed E-state index contributed by atoms with van der Waals surface area (Å²) in [6, 6.07) is 7.24. The summed E-state index contributed by atoms with van der Waals surface area (Å²) < 4.78 is 45.3. The van der Waals surface area contributed by atoms with E-state index in [0.29, 0.717) is 10.2 Å². The third-order valence-electron chi connectivity index (χ3n) is 3.73. The number of benzene rings is 2. The number of carboxylic acid groups (broad SMARTS) is 1. The molecule has 0 aliphatic heterocycles. The van der Waals surface area contributed by atoms with E-state index in [1.54, 1.807) is 0 Å². The van der Waals surface area contributed by atoms with Crippen molar-refractivity contribution in [3.8, 4) is 11.4 Å². The number of fused-ring (bicyclic) bond motifs is 1. The summed E-state index contributed by atoms with van der Waals surface area (Å²) in [6.45, 7) is 1.36. The maximum Gasteiger partial charge on any atom is 0.416 e. The maximum atomic E-state index is 12.8. The Bertz CT molecular complexity index is 1090. The number of nitrogens with zero attached hydrogens (tertiary/aromatic N) is 1.